The molecule has 2 atom stereocenters. The van der Waals surface area contributed by atoms with Crippen LogP contribution in [0.5, 0.6) is 0 Å². The van der Waals surface area contributed by atoms with E-state index in [9.17, 15) is 4.79 Å². The highest BCUT2D eigenvalue weighted by atomic mass is 16.1. The van der Waals surface area contributed by atoms with Gasteiger partial charge in [-0.05, 0) is 38.3 Å². The van der Waals surface area contributed by atoms with Crippen molar-refractivity contribution in [1.29, 1.82) is 0 Å². The van der Waals surface area contributed by atoms with Gasteiger partial charge in [0, 0.05) is 17.6 Å². The SMILES string of the molecule is Cc1ccc(Nc2nc(NC3CC[C@@H](C(N)=O)C3)ncc2N)cc1. The van der Waals surface area contributed by atoms with Crippen molar-refractivity contribution in [2.75, 3.05) is 16.4 Å². The largest absolute Gasteiger partial charge is 0.394 e. The van der Waals surface area contributed by atoms with Crippen molar-refractivity contribution < 1.29 is 4.79 Å². The van der Waals surface area contributed by atoms with Crippen LogP contribution in [0.4, 0.5) is 23.1 Å². The minimum absolute atomic E-state index is 0.0681. The number of carbonyl (C=O) groups is 1. The zero-order chi connectivity index (χ0) is 17.1. The molecular formula is C17H22N6O. The van der Waals surface area contributed by atoms with Gasteiger partial charge in [0.2, 0.25) is 11.9 Å². The molecule has 6 N–H and O–H groups in total. The second kappa shape index (κ2) is 6.74. The number of benzene rings is 1. The highest BCUT2D eigenvalue weighted by Gasteiger charge is 2.28. The smallest absolute Gasteiger partial charge is 0.224 e. The molecule has 7 nitrogen and oxygen atoms in total. The number of nitrogens with two attached hydrogens (primary N) is 2. The van der Waals surface area contributed by atoms with Gasteiger partial charge in [0.15, 0.2) is 5.82 Å². The summed E-state index contributed by atoms with van der Waals surface area (Å²) in [5.74, 6) is 0.746. The number of rotatable bonds is 5. The number of anilines is 4. The Balaban J connectivity index is 1.70. The molecule has 1 aromatic heterocycles. The van der Waals surface area contributed by atoms with Gasteiger partial charge in [0.05, 0.1) is 11.9 Å². The molecule has 0 bridgehead atoms. The Kier molecular flexibility index (Phi) is 4.50. The molecule has 1 saturated carbocycles. The first-order chi connectivity index (χ1) is 11.5. The second-order valence-corrected chi connectivity index (χ2v) is 6.24. The van der Waals surface area contributed by atoms with E-state index < -0.39 is 0 Å². The number of carbonyl (C=O) groups excluding carboxylic acids is 1. The number of aromatic nitrogens is 2. The molecule has 1 aliphatic carbocycles. The number of nitrogens with zero attached hydrogens (tertiary/aromatic N) is 2. The van der Waals surface area contributed by atoms with E-state index in [4.69, 9.17) is 11.5 Å². The van der Waals surface area contributed by atoms with Gasteiger partial charge < -0.3 is 22.1 Å². The van der Waals surface area contributed by atoms with Crippen LogP contribution >= 0.6 is 0 Å². The third-order valence-electron chi connectivity index (χ3n) is 4.30. The molecule has 24 heavy (non-hydrogen) atoms. The first kappa shape index (κ1) is 16.0. The number of hydrogen-bond donors (Lipinski definition) is 4. The van der Waals surface area contributed by atoms with Crippen LogP contribution in [-0.2, 0) is 4.79 Å². The average Bonchev–Trinajstić information content (AvgIpc) is 3.01. The van der Waals surface area contributed by atoms with Crippen molar-refractivity contribution in [3.8, 4) is 0 Å². The number of amides is 1. The van der Waals surface area contributed by atoms with Gasteiger partial charge in [-0.25, -0.2) is 4.98 Å². The summed E-state index contributed by atoms with van der Waals surface area (Å²) in [6.45, 7) is 2.03. The summed E-state index contributed by atoms with van der Waals surface area (Å²) < 4.78 is 0. The fraction of sp³-hybridized carbons (Fsp3) is 0.353. The lowest BCUT2D eigenvalue weighted by Crippen LogP contribution is -2.23. The van der Waals surface area contributed by atoms with Crippen LogP contribution in [0.1, 0.15) is 24.8 Å². The molecule has 0 aliphatic heterocycles. The predicted octanol–water partition coefficient (Wildman–Crippen LogP) is 2.18. The molecule has 7 heteroatoms. The summed E-state index contributed by atoms with van der Waals surface area (Å²) in [6, 6.07) is 8.12. The predicted molar refractivity (Wildman–Crippen MR) is 94.9 cm³/mol. The average molecular weight is 326 g/mol. The maximum Gasteiger partial charge on any atom is 0.224 e. The molecule has 2 aromatic rings. The first-order valence-electron chi connectivity index (χ1n) is 8.03. The Morgan fingerprint density at radius 1 is 1.25 bits per heavy atom. The van der Waals surface area contributed by atoms with Gasteiger partial charge in [-0.3, -0.25) is 4.79 Å². The van der Waals surface area contributed by atoms with Crippen molar-refractivity contribution in [2.24, 2.45) is 11.7 Å². The number of nitrogen functional groups attached to an aromatic ring is 1. The van der Waals surface area contributed by atoms with Crippen molar-refractivity contribution in [3.63, 3.8) is 0 Å². The molecule has 0 spiro atoms. The number of primary amides is 1. The molecule has 1 fully saturated rings. The molecule has 1 unspecified atom stereocenters. The zero-order valence-corrected chi connectivity index (χ0v) is 13.6. The fourth-order valence-electron chi connectivity index (χ4n) is 2.89. The van der Waals surface area contributed by atoms with E-state index in [1.165, 1.54) is 5.56 Å². The number of hydrogen-bond acceptors (Lipinski definition) is 6. The van der Waals surface area contributed by atoms with E-state index in [2.05, 4.69) is 20.6 Å². The van der Waals surface area contributed by atoms with E-state index in [0.29, 0.717) is 23.9 Å². The van der Waals surface area contributed by atoms with Crippen molar-refractivity contribution in [2.45, 2.75) is 32.2 Å². The van der Waals surface area contributed by atoms with Gasteiger partial charge in [0.1, 0.15) is 0 Å². The topological polar surface area (TPSA) is 119 Å². The molecule has 1 aromatic carbocycles. The summed E-state index contributed by atoms with van der Waals surface area (Å²) in [7, 11) is 0. The van der Waals surface area contributed by atoms with Crippen molar-refractivity contribution in [1.82, 2.24) is 9.97 Å². The van der Waals surface area contributed by atoms with Crippen LogP contribution in [0.25, 0.3) is 0 Å². The maximum atomic E-state index is 11.3. The summed E-state index contributed by atoms with van der Waals surface area (Å²) in [4.78, 5) is 19.9. The van der Waals surface area contributed by atoms with Crippen LogP contribution in [0, 0.1) is 12.8 Å². The van der Waals surface area contributed by atoms with E-state index in [1.54, 1.807) is 6.20 Å². The molecule has 3 rings (SSSR count). The van der Waals surface area contributed by atoms with Crippen molar-refractivity contribution >= 4 is 29.0 Å². The second-order valence-electron chi connectivity index (χ2n) is 6.24. The van der Waals surface area contributed by atoms with E-state index in [1.807, 2.05) is 31.2 Å². The Morgan fingerprint density at radius 2 is 2.00 bits per heavy atom. The third kappa shape index (κ3) is 3.73. The van der Waals surface area contributed by atoms with Crippen LogP contribution in [0.15, 0.2) is 30.5 Å². The molecular weight excluding hydrogens is 304 g/mol. The minimum Gasteiger partial charge on any atom is -0.394 e. The molecule has 1 aliphatic rings. The fourth-order valence-corrected chi connectivity index (χ4v) is 2.89. The molecule has 1 heterocycles. The molecule has 1 amide bonds. The Bertz CT molecular complexity index is 730. The summed E-state index contributed by atoms with van der Waals surface area (Å²) in [5, 5.41) is 6.46. The standard InChI is InChI=1S/C17H22N6O/c1-10-2-5-12(6-3-10)21-16-14(18)9-20-17(23-16)22-13-7-4-11(8-13)15(19)24/h2-3,5-6,9,11,13H,4,7-8,18H2,1H3,(H2,19,24)(H2,20,21,22,23)/t11-,13?/m1/s1. The highest BCUT2D eigenvalue weighted by molar-refractivity contribution is 5.77. The van der Waals surface area contributed by atoms with Gasteiger partial charge >= 0.3 is 0 Å². The highest BCUT2D eigenvalue weighted by Crippen LogP contribution is 2.28. The Morgan fingerprint density at radius 3 is 2.67 bits per heavy atom. The van der Waals surface area contributed by atoms with E-state index in [-0.39, 0.29) is 17.9 Å². The van der Waals surface area contributed by atoms with E-state index >= 15 is 0 Å². The lowest BCUT2D eigenvalue weighted by molar-refractivity contribution is -0.121. The van der Waals surface area contributed by atoms with Gasteiger partial charge in [0.25, 0.3) is 0 Å². The van der Waals surface area contributed by atoms with Crippen LogP contribution in [0.2, 0.25) is 0 Å². The molecule has 126 valence electrons. The third-order valence-corrected chi connectivity index (χ3v) is 4.30. The minimum atomic E-state index is -0.237. The summed E-state index contributed by atoms with van der Waals surface area (Å²) in [6.07, 6.45) is 3.97. The Labute approximate surface area is 140 Å². The lowest BCUT2D eigenvalue weighted by Gasteiger charge is -2.14. The zero-order valence-electron chi connectivity index (χ0n) is 13.6. The summed E-state index contributed by atoms with van der Waals surface area (Å²) in [5.41, 5.74) is 13.9. The Hall–Kier alpha value is -2.83. The van der Waals surface area contributed by atoms with Crippen LogP contribution in [0.3, 0.4) is 0 Å². The monoisotopic (exact) mass is 326 g/mol. The van der Waals surface area contributed by atoms with Gasteiger partial charge in [-0.1, -0.05) is 17.7 Å². The van der Waals surface area contributed by atoms with Crippen molar-refractivity contribution in [3.05, 3.63) is 36.0 Å². The normalized spacial score (nSPS) is 19.9. The van der Waals surface area contributed by atoms with Crippen LogP contribution in [-0.4, -0.2) is 21.9 Å². The van der Waals surface area contributed by atoms with Gasteiger partial charge in [-0.2, -0.15) is 4.98 Å². The maximum absolute atomic E-state index is 11.3. The molecule has 0 radical (unpaired) electrons. The molecule has 0 saturated heterocycles. The number of aryl methyl sites for hydroxylation is 1. The van der Waals surface area contributed by atoms with Crippen LogP contribution < -0.4 is 22.1 Å². The lowest BCUT2D eigenvalue weighted by atomic mass is 10.1. The first-order valence-corrected chi connectivity index (χ1v) is 8.03. The summed E-state index contributed by atoms with van der Waals surface area (Å²) >= 11 is 0. The van der Waals surface area contributed by atoms with Gasteiger partial charge in [-0.15, -0.1) is 0 Å². The van der Waals surface area contributed by atoms with E-state index in [0.717, 1.165) is 18.5 Å². The number of nitrogens with one attached hydrogen (secondary N) is 2. The quantitative estimate of drug-likeness (QED) is 0.668.